The number of halogens is 3. The molecule has 1 rings (SSSR count). The van der Waals surface area contributed by atoms with Crippen LogP contribution in [0.1, 0.15) is 11.7 Å². The fourth-order valence-electron chi connectivity index (χ4n) is 0.863. The highest BCUT2D eigenvalue weighted by Gasteiger charge is 2.37. The molecular weight excluding hydrogens is 197 g/mol. The lowest BCUT2D eigenvalue weighted by molar-refractivity contribution is -0.0954. The number of alkyl halides is 3. The van der Waals surface area contributed by atoms with E-state index < -0.39 is 17.8 Å². The molecule has 0 radical (unpaired) electrons. The fraction of sp³-hybridized carbons (Fsp3) is 0.429. The summed E-state index contributed by atoms with van der Waals surface area (Å²) in [4.78, 5) is 0. The molecule has 7 heteroatoms. The molecular formula is C7H9F3N4. The Hall–Kier alpha value is -1.37. The quantitative estimate of drug-likeness (QED) is 0.732. The van der Waals surface area contributed by atoms with Gasteiger partial charge in [0.05, 0.1) is 12.2 Å². The number of aryl methyl sites for hydroxylation is 1. The molecule has 1 unspecified atom stereocenters. The van der Waals surface area contributed by atoms with Gasteiger partial charge in [0, 0.05) is 12.6 Å². The van der Waals surface area contributed by atoms with Gasteiger partial charge in [-0.3, -0.25) is 4.68 Å². The average Bonchev–Trinajstić information content (AvgIpc) is 2.47. The van der Waals surface area contributed by atoms with E-state index in [4.69, 9.17) is 5.73 Å². The van der Waals surface area contributed by atoms with E-state index in [1.807, 2.05) is 0 Å². The fourth-order valence-corrected chi connectivity index (χ4v) is 0.863. The van der Waals surface area contributed by atoms with Gasteiger partial charge in [-0.2, -0.15) is 13.2 Å². The van der Waals surface area contributed by atoms with Gasteiger partial charge in [0.2, 0.25) is 0 Å². The van der Waals surface area contributed by atoms with E-state index in [1.54, 1.807) is 7.05 Å². The number of hydrogen-bond acceptors (Lipinski definition) is 3. The van der Waals surface area contributed by atoms with Crippen molar-refractivity contribution in [1.82, 2.24) is 15.0 Å². The average molecular weight is 206 g/mol. The Labute approximate surface area is 78.2 Å². The van der Waals surface area contributed by atoms with Crippen LogP contribution in [0.15, 0.2) is 18.3 Å². The van der Waals surface area contributed by atoms with Crippen molar-refractivity contribution in [3.8, 4) is 0 Å². The van der Waals surface area contributed by atoms with Crippen LogP contribution in [0.3, 0.4) is 0 Å². The highest BCUT2D eigenvalue weighted by atomic mass is 19.4. The summed E-state index contributed by atoms with van der Waals surface area (Å²) in [6.07, 6.45) is -3.18. The summed E-state index contributed by atoms with van der Waals surface area (Å²) in [6, 6.07) is -1.36. The van der Waals surface area contributed by atoms with Gasteiger partial charge >= 0.3 is 6.18 Å². The predicted molar refractivity (Wildman–Crippen MR) is 43.1 cm³/mol. The minimum atomic E-state index is -4.50. The van der Waals surface area contributed by atoms with E-state index in [0.717, 1.165) is 0 Å². The van der Waals surface area contributed by atoms with Gasteiger partial charge in [0.1, 0.15) is 5.69 Å². The van der Waals surface area contributed by atoms with Crippen molar-refractivity contribution in [3.05, 3.63) is 24.0 Å². The second-order valence-corrected chi connectivity index (χ2v) is 2.82. The molecule has 0 bridgehead atoms. The normalized spacial score (nSPS) is 14.1. The third kappa shape index (κ3) is 2.11. The lowest BCUT2D eigenvalue weighted by atomic mass is 10.1. The molecule has 0 aromatic carbocycles. The molecule has 0 saturated carbocycles. The van der Waals surface area contributed by atoms with Crippen LogP contribution in [0.25, 0.3) is 0 Å². The van der Waals surface area contributed by atoms with Crippen molar-refractivity contribution in [2.75, 3.05) is 0 Å². The Balaban J connectivity index is 2.86. The highest BCUT2D eigenvalue weighted by molar-refractivity contribution is 5.20. The summed E-state index contributed by atoms with van der Waals surface area (Å²) in [5, 5.41) is 6.96. The number of rotatable bonds is 2. The summed E-state index contributed by atoms with van der Waals surface area (Å²) in [5.41, 5.74) is 4.32. The van der Waals surface area contributed by atoms with Crippen LogP contribution < -0.4 is 5.73 Å². The van der Waals surface area contributed by atoms with Gasteiger partial charge in [-0.05, 0) is 0 Å². The summed E-state index contributed by atoms with van der Waals surface area (Å²) in [6.45, 7) is 2.88. The van der Waals surface area contributed by atoms with Gasteiger partial charge in [-0.25, -0.2) is 0 Å². The Kier molecular flexibility index (Phi) is 2.61. The van der Waals surface area contributed by atoms with Crippen molar-refractivity contribution in [2.45, 2.75) is 12.2 Å². The van der Waals surface area contributed by atoms with Gasteiger partial charge in [-0.1, -0.05) is 11.8 Å². The van der Waals surface area contributed by atoms with E-state index in [0.29, 0.717) is 0 Å². The second-order valence-electron chi connectivity index (χ2n) is 2.82. The molecule has 0 aliphatic carbocycles. The largest absolute Gasteiger partial charge is 0.414 e. The summed E-state index contributed by atoms with van der Waals surface area (Å²) in [5.74, 6) is 0. The summed E-state index contributed by atoms with van der Waals surface area (Å²) >= 11 is 0. The molecule has 1 aromatic rings. The van der Waals surface area contributed by atoms with Gasteiger partial charge in [0.15, 0.2) is 0 Å². The van der Waals surface area contributed by atoms with E-state index in [2.05, 4.69) is 16.9 Å². The third-order valence-corrected chi connectivity index (χ3v) is 1.68. The minimum Gasteiger partial charge on any atom is -0.319 e. The third-order valence-electron chi connectivity index (χ3n) is 1.68. The first-order valence-corrected chi connectivity index (χ1v) is 3.70. The van der Waals surface area contributed by atoms with Crippen LogP contribution in [-0.2, 0) is 7.05 Å². The topological polar surface area (TPSA) is 56.7 Å². The van der Waals surface area contributed by atoms with Crippen molar-refractivity contribution < 1.29 is 13.2 Å². The Bertz CT molecular complexity index is 341. The van der Waals surface area contributed by atoms with Crippen molar-refractivity contribution >= 4 is 0 Å². The summed E-state index contributed by atoms with van der Waals surface area (Å²) < 4.78 is 37.7. The molecule has 0 aliphatic heterocycles. The lowest BCUT2D eigenvalue weighted by Gasteiger charge is -2.14. The lowest BCUT2D eigenvalue weighted by Crippen LogP contribution is -2.24. The number of nitrogens with two attached hydrogens (primary N) is 1. The number of hydrogen-bond donors (Lipinski definition) is 1. The van der Waals surface area contributed by atoms with Gasteiger partial charge < -0.3 is 5.73 Å². The van der Waals surface area contributed by atoms with Crippen molar-refractivity contribution in [2.24, 2.45) is 12.8 Å². The SMILES string of the molecule is C=C(C(N)c1cn(C)nn1)C(F)(F)F. The van der Waals surface area contributed by atoms with Crippen LogP contribution in [0.5, 0.6) is 0 Å². The van der Waals surface area contributed by atoms with E-state index in [9.17, 15) is 13.2 Å². The molecule has 78 valence electrons. The van der Waals surface area contributed by atoms with Crippen LogP contribution >= 0.6 is 0 Å². The van der Waals surface area contributed by atoms with Crippen LogP contribution in [0, 0.1) is 0 Å². The molecule has 0 saturated heterocycles. The Morgan fingerprint density at radius 1 is 1.64 bits per heavy atom. The first-order chi connectivity index (χ1) is 6.32. The van der Waals surface area contributed by atoms with Gasteiger partial charge in [-0.15, -0.1) is 5.10 Å². The van der Waals surface area contributed by atoms with E-state index >= 15 is 0 Å². The zero-order valence-electron chi connectivity index (χ0n) is 7.41. The Morgan fingerprint density at radius 3 is 2.57 bits per heavy atom. The monoisotopic (exact) mass is 206 g/mol. The van der Waals surface area contributed by atoms with E-state index in [1.165, 1.54) is 10.9 Å². The molecule has 14 heavy (non-hydrogen) atoms. The van der Waals surface area contributed by atoms with E-state index in [-0.39, 0.29) is 5.69 Å². The molecule has 1 aromatic heterocycles. The zero-order valence-corrected chi connectivity index (χ0v) is 7.41. The first-order valence-electron chi connectivity index (χ1n) is 3.70. The Morgan fingerprint density at radius 2 is 2.21 bits per heavy atom. The van der Waals surface area contributed by atoms with Gasteiger partial charge in [0.25, 0.3) is 0 Å². The zero-order chi connectivity index (χ0) is 10.9. The smallest absolute Gasteiger partial charge is 0.319 e. The minimum absolute atomic E-state index is 0.0508. The van der Waals surface area contributed by atoms with Crippen LogP contribution in [-0.4, -0.2) is 21.2 Å². The van der Waals surface area contributed by atoms with Crippen molar-refractivity contribution in [1.29, 1.82) is 0 Å². The first kappa shape index (κ1) is 10.7. The molecule has 0 fully saturated rings. The maximum Gasteiger partial charge on any atom is 0.414 e. The van der Waals surface area contributed by atoms with Crippen LogP contribution in [0.4, 0.5) is 13.2 Å². The number of nitrogens with zero attached hydrogens (tertiary/aromatic N) is 3. The molecule has 0 aliphatic rings. The molecule has 1 heterocycles. The maximum absolute atomic E-state index is 12.2. The highest BCUT2D eigenvalue weighted by Crippen LogP contribution is 2.31. The molecule has 2 N–H and O–H groups in total. The molecule has 1 atom stereocenters. The maximum atomic E-state index is 12.2. The van der Waals surface area contributed by atoms with Crippen molar-refractivity contribution in [3.63, 3.8) is 0 Å². The molecule has 0 amide bonds. The molecule has 0 spiro atoms. The standard InChI is InChI=1S/C7H9F3N4/c1-4(7(8,9)10)6(11)5-3-14(2)13-12-5/h3,6H,1,11H2,2H3. The van der Waals surface area contributed by atoms with Crippen LogP contribution in [0.2, 0.25) is 0 Å². The second kappa shape index (κ2) is 3.41. The number of aromatic nitrogens is 3. The molecule has 4 nitrogen and oxygen atoms in total. The summed E-state index contributed by atoms with van der Waals surface area (Å²) in [7, 11) is 1.54. The predicted octanol–water partition coefficient (Wildman–Crippen LogP) is 0.933.